The highest BCUT2D eigenvalue weighted by Crippen LogP contribution is 2.33. The molecule has 0 aliphatic heterocycles. The summed E-state index contributed by atoms with van der Waals surface area (Å²) in [6.45, 7) is 9.55. The first kappa shape index (κ1) is 15.8. The van der Waals surface area contributed by atoms with Gasteiger partial charge in [-0.25, -0.2) is 0 Å². The maximum absolute atomic E-state index is 11.5. The van der Waals surface area contributed by atoms with Crippen molar-refractivity contribution in [1.29, 1.82) is 0 Å². The Kier molecular flexibility index (Phi) is 4.80. The highest BCUT2D eigenvalue weighted by atomic mass is 32.1. The highest BCUT2D eigenvalue weighted by Gasteiger charge is 2.19. The molecule has 0 radical (unpaired) electrons. The predicted octanol–water partition coefficient (Wildman–Crippen LogP) is 3.47. The molecule has 0 aliphatic carbocycles. The Morgan fingerprint density at radius 3 is 2.26 bits per heavy atom. The Balaban J connectivity index is 3.04. The quantitative estimate of drug-likeness (QED) is 0.399. The number of aryl methyl sites for hydroxylation is 1. The van der Waals surface area contributed by atoms with Crippen molar-refractivity contribution in [2.75, 3.05) is 0 Å². The zero-order valence-electron chi connectivity index (χ0n) is 12.0. The number of ether oxygens (including phenoxy) is 1. The molecule has 0 aromatic heterocycles. The summed E-state index contributed by atoms with van der Waals surface area (Å²) in [5.41, 5.74) is 1.97. The van der Waals surface area contributed by atoms with E-state index in [1.165, 1.54) is 6.92 Å². The summed E-state index contributed by atoms with van der Waals surface area (Å²) in [7, 11) is 0. The SMILES string of the molecule is CC(=O)CC(=O)Oc1c(C)cc(C(C)(C)C)cc1S. The average Bonchev–Trinajstić information content (AvgIpc) is 2.20. The van der Waals surface area contributed by atoms with E-state index in [0.717, 1.165) is 11.1 Å². The summed E-state index contributed by atoms with van der Waals surface area (Å²) < 4.78 is 5.22. The van der Waals surface area contributed by atoms with Gasteiger partial charge in [-0.1, -0.05) is 26.8 Å². The van der Waals surface area contributed by atoms with Gasteiger partial charge in [0.05, 0.1) is 0 Å². The summed E-state index contributed by atoms with van der Waals surface area (Å²) in [5.74, 6) is -0.327. The molecule has 4 heteroatoms. The second kappa shape index (κ2) is 5.78. The van der Waals surface area contributed by atoms with Crippen molar-refractivity contribution in [3.63, 3.8) is 0 Å². The van der Waals surface area contributed by atoms with Crippen molar-refractivity contribution in [1.82, 2.24) is 0 Å². The summed E-state index contributed by atoms with van der Waals surface area (Å²) >= 11 is 4.37. The number of esters is 1. The molecule has 0 fully saturated rings. The lowest BCUT2D eigenvalue weighted by atomic mass is 9.86. The first-order valence-electron chi connectivity index (χ1n) is 6.15. The number of hydrogen-bond acceptors (Lipinski definition) is 4. The summed E-state index contributed by atoms with van der Waals surface area (Å²) in [4.78, 5) is 23.0. The summed E-state index contributed by atoms with van der Waals surface area (Å²) in [6.07, 6.45) is -0.215. The lowest BCUT2D eigenvalue weighted by Crippen LogP contribution is -2.15. The first-order valence-corrected chi connectivity index (χ1v) is 6.60. The fourth-order valence-corrected chi connectivity index (χ4v) is 2.04. The van der Waals surface area contributed by atoms with Crippen LogP contribution in [-0.2, 0) is 15.0 Å². The molecule has 0 spiro atoms. The number of rotatable bonds is 3. The Morgan fingerprint density at radius 2 is 1.84 bits per heavy atom. The van der Waals surface area contributed by atoms with Crippen molar-refractivity contribution in [2.45, 2.75) is 51.3 Å². The monoisotopic (exact) mass is 280 g/mol. The van der Waals surface area contributed by atoms with E-state index < -0.39 is 5.97 Å². The Bertz CT molecular complexity index is 490. The number of thiol groups is 1. The van der Waals surface area contributed by atoms with Gasteiger partial charge in [0.2, 0.25) is 0 Å². The normalized spacial score (nSPS) is 11.3. The molecule has 0 saturated heterocycles. The van der Waals surface area contributed by atoms with E-state index >= 15 is 0 Å². The van der Waals surface area contributed by atoms with Gasteiger partial charge in [0.15, 0.2) is 0 Å². The molecule has 1 rings (SSSR count). The van der Waals surface area contributed by atoms with Gasteiger partial charge >= 0.3 is 5.97 Å². The summed E-state index contributed by atoms with van der Waals surface area (Å²) in [5, 5.41) is 0. The molecule has 0 N–H and O–H groups in total. The van der Waals surface area contributed by atoms with Crippen LogP contribution in [0.15, 0.2) is 17.0 Å². The molecule has 0 saturated carbocycles. The third-order valence-electron chi connectivity index (χ3n) is 2.73. The molecule has 0 amide bonds. The van der Waals surface area contributed by atoms with Gasteiger partial charge in [0, 0.05) is 4.90 Å². The van der Waals surface area contributed by atoms with Crippen LogP contribution in [0.2, 0.25) is 0 Å². The molecule has 1 aromatic carbocycles. The van der Waals surface area contributed by atoms with Crippen LogP contribution < -0.4 is 4.74 Å². The number of benzene rings is 1. The molecular weight excluding hydrogens is 260 g/mol. The average molecular weight is 280 g/mol. The topological polar surface area (TPSA) is 43.4 Å². The number of Topliss-reactive ketones (excluding diaryl/α,β-unsaturated/α-hetero) is 1. The Morgan fingerprint density at radius 1 is 1.26 bits per heavy atom. The zero-order chi connectivity index (χ0) is 14.8. The van der Waals surface area contributed by atoms with Gasteiger partial charge in [-0.3, -0.25) is 9.59 Å². The van der Waals surface area contributed by atoms with E-state index in [1.807, 2.05) is 19.1 Å². The van der Waals surface area contributed by atoms with E-state index in [1.54, 1.807) is 0 Å². The minimum atomic E-state index is -0.547. The van der Waals surface area contributed by atoms with Crippen LogP contribution in [0.25, 0.3) is 0 Å². The second-order valence-corrected chi connectivity index (χ2v) is 6.23. The standard InChI is InChI=1S/C15H20O3S/c1-9-6-11(15(3,4)5)8-12(19)14(9)18-13(17)7-10(2)16/h6,8,19H,7H2,1-5H3. The molecule has 3 nitrogen and oxygen atoms in total. The van der Waals surface area contributed by atoms with Crippen LogP contribution in [0.5, 0.6) is 5.75 Å². The third-order valence-corrected chi connectivity index (χ3v) is 3.06. The van der Waals surface area contributed by atoms with Gasteiger partial charge in [-0.05, 0) is 36.5 Å². The fraction of sp³-hybridized carbons (Fsp3) is 0.467. The van der Waals surface area contributed by atoms with Crippen molar-refractivity contribution >= 4 is 24.4 Å². The van der Waals surface area contributed by atoms with E-state index in [-0.39, 0.29) is 17.6 Å². The fourth-order valence-electron chi connectivity index (χ4n) is 1.67. The van der Waals surface area contributed by atoms with Crippen molar-refractivity contribution in [3.05, 3.63) is 23.3 Å². The van der Waals surface area contributed by atoms with E-state index in [4.69, 9.17) is 4.74 Å². The van der Waals surface area contributed by atoms with Gasteiger partial charge in [-0.15, -0.1) is 12.6 Å². The van der Waals surface area contributed by atoms with Gasteiger partial charge in [0.25, 0.3) is 0 Å². The van der Waals surface area contributed by atoms with Crippen LogP contribution in [0.4, 0.5) is 0 Å². The molecular formula is C15H20O3S. The van der Waals surface area contributed by atoms with Gasteiger partial charge in [0.1, 0.15) is 18.0 Å². The Labute approximate surface area is 119 Å². The zero-order valence-corrected chi connectivity index (χ0v) is 12.9. The molecule has 1 aromatic rings. The van der Waals surface area contributed by atoms with Crippen LogP contribution in [0.3, 0.4) is 0 Å². The smallest absolute Gasteiger partial charge is 0.318 e. The molecule has 0 heterocycles. The highest BCUT2D eigenvalue weighted by molar-refractivity contribution is 7.80. The number of carbonyl (C=O) groups excluding carboxylic acids is 2. The van der Waals surface area contributed by atoms with E-state index in [2.05, 4.69) is 33.4 Å². The first-order chi connectivity index (χ1) is 8.61. The van der Waals surface area contributed by atoms with Crippen LogP contribution >= 0.6 is 12.6 Å². The number of ketones is 1. The second-order valence-electron chi connectivity index (χ2n) is 5.74. The van der Waals surface area contributed by atoms with E-state index in [0.29, 0.717) is 10.6 Å². The van der Waals surface area contributed by atoms with Gasteiger partial charge < -0.3 is 4.74 Å². The number of hydrogen-bond donors (Lipinski definition) is 1. The maximum atomic E-state index is 11.5. The van der Waals surface area contributed by atoms with Crippen LogP contribution in [-0.4, -0.2) is 11.8 Å². The van der Waals surface area contributed by atoms with Crippen molar-refractivity contribution in [3.8, 4) is 5.75 Å². The minimum absolute atomic E-state index is 0.00413. The molecule has 0 bridgehead atoms. The molecule has 0 aliphatic rings. The lowest BCUT2D eigenvalue weighted by molar-refractivity contribution is -0.137. The number of carbonyl (C=O) groups is 2. The summed E-state index contributed by atoms with van der Waals surface area (Å²) in [6, 6.07) is 3.88. The molecule has 104 valence electrons. The largest absolute Gasteiger partial charge is 0.425 e. The molecule has 0 unspecified atom stereocenters. The minimum Gasteiger partial charge on any atom is -0.425 e. The van der Waals surface area contributed by atoms with Crippen molar-refractivity contribution < 1.29 is 14.3 Å². The van der Waals surface area contributed by atoms with Crippen LogP contribution in [0.1, 0.15) is 45.2 Å². The predicted molar refractivity (Wildman–Crippen MR) is 78.1 cm³/mol. The molecule has 0 atom stereocenters. The maximum Gasteiger partial charge on any atom is 0.318 e. The van der Waals surface area contributed by atoms with Gasteiger partial charge in [-0.2, -0.15) is 0 Å². The lowest BCUT2D eigenvalue weighted by Gasteiger charge is -2.21. The van der Waals surface area contributed by atoms with Crippen molar-refractivity contribution in [2.24, 2.45) is 0 Å². The van der Waals surface area contributed by atoms with E-state index in [9.17, 15) is 9.59 Å². The van der Waals surface area contributed by atoms with Crippen LogP contribution in [0, 0.1) is 6.92 Å². The third kappa shape index (κ3) is 4.39. The Hall–Kier alpha value is -1.29. The molecule has 19 heavy (non-hydrogen) atoms.